The van der Waals surface area contributed by atoms with Gasteiger partial charge in [-0.1, -0.05) is 0 Å². The molecular weight excluding hydrogens is 382 g/mol. The number of urea groups is 1. The zero-order valence-electron chi connectivity index (χ0n) is 14.6. The molecule has 0 aliphatic carbocycles. The lowest BCUT2D eigenvalue weighted by atomic mass is 10.0. The van der Waals surface area contributed by atoms with Crippen molar-refractivity contribution in [2.24, 2.45) is 0 Å². The van der Waals surface area contributed by atoms with Gasteiger partial charge >= 0.3 is 16.4 Å². The molecule has 3 unspecified atom stereocenters. The largest absolute Gasteiger partial charge is 0.418 e. The van der Waals surface area contributed by atoms with E-state index in [0.29, 0.717) is 23.9 Å². The van der Waals surface area contributed by atoms with E-state index < -0.39 is 34.4 Å². The normalized spacial score (nSPS) is 34.0. The van der Waals surface area contributed by atoms with Crippen LogP contribution in [-0.2, 0) is 24.3 Å². The molecule has 0 radical (unpaired) electrons. The van der Waals surface area contributed by atoms with Gasteiger partial charge in [0.25, 0.3) is 5.91 Å². The lowest BCUT2D eigenvalue weighted by molar-refractivity contribution is -0.143. The summed E-state index contributed by atoms with van der Waals surface area (Å²) in [7, 11) is -4.81. The van der Waals surface area contributed by atoms with Crippen molar-refractivity contribution in [1.29, 1.82) is 0 Å². The van der Waals surface area contributed by atoms with Crippen LogP contribution in [0.5, 0.6) is 0 Å². The predicted octanol–water partition coefficient (Wildman–Crippen LogP) is -1.92. The Balaban J connectivity index is 1.32. The Bertz CT molecular complexity index is 705. The molecule has 4 heterocycles. The van der Waals surface area contributed by atoms with Gasteiger partial charge in [0.05, 0.1) is 12.1 Å². The smallest absolute Gasteiger partial charge is 0.314 e. The van der Waals surface area contributed by atoms with Crippen molar-refractivity contribution in [1.82, 2.24) is 25.7 Å². The first-order valence-electron chi connectivity index (χ1n) is 8.99. The summed E-state index contributed by atoms with van der Waals surface area (Å²) in [5.74, 6) is -0.446. The molecule has 4 atom stereocenters. The molecular formula is C14H23N5O7S. The van der Waals surface area contributed by atoms with E-state index in [4.69, 9.17) is 9.39 Å². The van der Waals surface area contributed by atoms with E-state index in [1.54, 1.807) is 0 Å². The molecule has 0 aromatic carbocycles. The van der Waals surface area contributed by atoms with Gasteiger partial charge in [-0.3, -0.25) is 19.1 Å². The van der Waals surface area contributed by atoms with Gasteiger partial charge in [-0.15, -0.1) is 4.28 Å². The molecule has 27 heavy (non-hydrogen) atoms. The lowest BCUT2D eigenvalue weighted by Crippen LogP contribution is -2.50. The summed E-state index contributed by atoms with van der Waals surface area (Å²) in [4.78, 5) is 34.0. The van der Waals surface area contributed by atoms with Crippen molar-refractivity contribution >= 4 is 22.3 Å². The van der Waals surface area contributed by atoms with Crippen molar-refractivity contribution in [2.45, 2.75) is 43.5 Å². The Kier molecular flexibility index (Phi) is 4.98. The second-order valence-electron chi connectivity index (χ2n) is 7.30. The zero-order valence-corrected chi connectivity index (χ0v) is 15.4. The van der Waals surface area contributed by atoms with Crippen LogP contribution in [0.1, 0.15) is 19.3 Å². The van der Waals surface area contributed by atoms with Crippen molar-refractivity contribution in [3.05, 3.63) is 0 Å². The number of piperidine rings is 1. The molecule has 0 aromatic heterocycles. The Morgan fingerprint density at radius 1 is 1.26 bits per heavy atom. The van der Waals surface area contributed by atoms with Crippen LogP contribution in [0.2, 0.25) is 0 Å². The molecule has 152 valence electrons. The second kappa shape index (κ2) is 7.14. The molecule has 3 amide bonds. The summed E-state index contributed by atoms with van der Waals surface area (Å²) < 4.78 is 35.0. The maximum atomic E-state index is 12.5. The topological polar surface area (TPSA) is 141 Å². The van der Waals surface area contributed by atoms with Gasteiger partial charge in [0.1, 0.15) is 6.04 Å². The molecule has 0 saturated carbocycles. The molecule has 13 heteroatoms. The Morgan fingerprint density at radius 3 is 2.81 bits per heavy atom. The quantitative estimate of drug-likeness (QED) is 0.353. The SMILES string of the molecule is O=C(NOC1CC2CNCCN2C1)[C@@H]1CCC2CN1C(=O)N2OS(=O)(=O)O. The predicted molar refractivity (Wildman–Crippen MR) is 89.2 cm³/mol. The van der Waals surface area contributed by atoms with E-state index in [-0.39, 0.29) is 12.6 Å². The Hall–Kier alpha value is -1.51. The minimum atomic E-state index is -4.81. The van der Waals surface area contributed by atoms with E-state index >= 15 is 0 Å². The number of fused-ring (bicyclic) bond motifs is 3. The van der Waals surface area contributed by atoms with Crippen molar-refractivity contribution in [3.63, 3.8) is 0 Å². The van der Waals surface area contributed by atoms with Crippen LogP contribution in [0.3, 0.4) is 0 Å². The highest BCUT2D eigenvalue weighted by molar-refractivity contribution is 7.80. The first kappa shape index (κ1) is 18.8. The van der Waals surface area contributed by atoms with Crippen molar-refractivity contribution in [2.75, 3.05) is 32.7 Å². The number of nitrogens with zero attached hydrogens (tertiary/aromatic N) is 3. The maximum Gasteiger partial charge on any atom is 0.418 e. The van der Waals surface area contributed by atoms with Crippen molar-refractivity contribution < 1.29 is 31.7 Å². The highest BCUT2D eigenvalue weighted by Gasteiger charge is 2.49. The Labute approximate surface area is 156 Å². The van der Waals surface area contributed by atoms with Crippen molar-refractivity contribution in [3.8, 4) is 0 Å². The minimum absolute atomic E-state index is 0.108. The average Bonchev–Trinajstić information content (AvgIpc) is 3.14. The number of carbonyl (C=O) groups excluding carboxylic acids is 2. The highest BCUT2D eigenvalue weighted by Crippen LogP contribution is 2.31. The molecule has 4 aliphatic rings. The highest BCUT2D eigenvalue weighted by atomic mass is 32.3. The van der Waals surface area contributed by atoms with E-state index in [1.165, 1.54) is 4.90 Å². The van der Waals surface area contributed by atoms with Gasteiger partial charge in [-0.25, -0.2) is 10.3 Å². The van der Waals surface area contributed by atoms with Gasteiger partial charge in [0.2, 0.25) is 0 Å². The summed E-state index contributed by atoms with van der Waals surface area (Å²) in [6.07, 6.45) is 1.43. The number of amides is 3. The van der Waals surface area contributed by atoms with E-state index in [9.17, 15) is 18.0 Å². The summed E-state index contributed by atoms with van der Waals surface area (Å²) in [6.45, 7) is 3.70. The van der Waals surface area contributed by atoms with Gasteiger partial charge in [0.15, 0.2) is 0 Å². The number of hydrogen-bond donors (Lipinski definition) is 3. The minimum Gasteiger partial charge on any atom is -0.314 e. The monoisotopic (exact) mass is 405 g/mol. The molecule has 0 aromatic rings. The summed E-state index contributed by atoms with van der Waals surface area (Å²) in [6, 6.07) is -1.65. The van der Waals surface area contributed by atoms with E-state index in [1.807, 2.05) is 0 Å². The number of rotatable bonds is 5. The first-order chi connectivity index (χ1) is 12.8. The molecule has 0 spiro atoms. The third-order valence-corrected chi connectivity index (χ3v) is 5.92. The number of hydrogen-bond acceptors (Lipinski definition) is 8. The van der Waals surface area contributed by atoms with Crippen LogP contribution in [0.25, 0.3) is 0 Å². The van der Waals surface area contributed by atoms with Crippen LogP contribution in [0.15, 0.2) is 0 Å². The molecule has 4 fully saturated rings. The third-order valence-electron chi connectivity index (χ3n) is 5.57. The number of hydroxylamine groups is 3. The van der Waals surface area contributed by atoms with Gasteiger partial charge < -0.3 is 10.2 Å². The summed E-state index contributed by atoms with van der Waals surface area (Å²) in [5, 5.41) is 3.95. The molecule has 2 bridgehead atoms. The Morgan fingerprint density at radius 2 is 2.07 bits per heavy atom. The zero-order chi connectivity index (χ0) is 19.2. The van der Waals surface area contributed by atoms with Gasteiger partial charge in [-0.2, -0.15) is 13.5 Å². The molecule has 4 rings (SSSR count). The van der Waals surface area contributed by atoms with Crippen LogP contribution in [0.4, 0.5) is 4.79 Å². The third kappa shape index (κ3) is 3.88. The van der Waals surface area contributed by atoms with Crippen LogP contribution < -0.4 is 10.8 Å². The molecule has 12 nitrogen and oxygen atoms in total. The van der Waals surface area contributed by atoms with Crippen LogP contribution in [0, 0.1) is 0 Å². The first-order valence-corrected chi connectivity index (χ1v) is 10.4. The standard InChI is InChI=1S/C14H23N5O7S/c20-13(16-25-11-5-10-6-15-3-4-17(10)8-11)12-2-1-9-7-18(12)14(21)19(9)26-27(22,23)24/h9-12,15H,1-8H2,(H,16,20)(H,22,23,24)/t9?,10?,11?,12-/m0/s1. The summed E-state index contributed by atoms with van der Waals surface area (Å²) >= 11 is 0. The number of nitrogens with one attached hydrogen (secondary N) is 2. The number of carbonyl (C=O) groups is 2. The molecule has 3 N–H and O–H groups in total. The van der Waals surface area contributed by atoms with E-state index in [0.717, 1.165) is 32.6 Å². The fourth-order valence-corrected chi connectivity index (χ4v) is 4.70. The van der Waals surface area contributed by atoms with E-state index in [2.05, 4.69) is 20.0 Å². The molecule has 4 saturated heterocycles. The lowest BCUT2D eigenvalue weighted by Gasteiger charge is -2.29. The molecule has 4 aliphatic heterocycles. The fraction of sp³-hybridized carbons (Fsp3) is 0.857. The average molecular weight is 405 g/mol. The van der Waals surface area contributed by atoms with Crippen LogP contribution in [-0.4, -0.2) is 96.7 Å². The maximum absolute atomic E-state index is 12.5. The van der Waals surface area contributed by atoms with Crippen LogP contribution >= 0.6 is 0 Å². The summed E-state index contributed by atoms with van der Waals surface area (Å²) in [5.41, 5.74) is 2.46. The number of piperazine rings is 1. The fourth-order valence-electron chi connectivity index (χ4n) is 4.31. The van der Waals surface area contributed by atoms with Gasteiger partial charge in [-0.05, 0) is 19.3 Å². The van der Waals surface area contributed by atoms with Gasteiger partial charge in [0, 0.05) is 38.8 Å². The second-order valence-corrected chi connectivity index (χ2v) is 8.31.